The fourth-order valence-electron chi connectivity index (χ4n) is 1.52. The van der Waals surface area contributed by atoms with Crippen molar-refractivity contribution < 1.29 is 5.11 Å². The molecule has 0 radical (unpaired) electrons. The summed E-state index contributed by atoms with van der Waals surface area (Å²) in [6.45, 7) is 4.93. The van der Waals surface area contributed by atoms with Gasteiger partial charge in [-0.3, -0.25) is 5.43 Å². The molecule has 0 saturated carbocycles. The summed E-state index contributed by atoms with van der Waals surface area (Å²) >= 11 is 5.12. The van der Waals surface area contributed by atoms with Gasteiger partial charge in [0.1, 0.15) is 5.75 Å². The quantitative estimate of drug-likeness (QED) is 0.324. The number of unbranched alkanes of at least 4 members (excludes halogenated alkanes) is 2. The highest BCUT2D eigenvalue weighted by Gasteiger charge is 1.98. The van der Waals surface area contributed by atoms with E-state index in [0.717, 1.165) is 24.2 Å². The molecule has 19 heavy (non-hydrogen) atoms. The molecule has 0 aliphatic rings. The van der Waals surface area contributed by atoms with Gasteiger partial charge in [-0.1, -0.05) is 19.8 Å². The predicted octanol–water partition coefficient (Wildman–Crippen LogP) is 2.77. The molecule has 0 heterocycles. The Hall–Kier alpha value is -1.62. The van der Waals surface area contributed by atoms with Gasteiger partial charge in [0.2, 0.25) is 0 Å². The first-order chi connectivity index (χ1) is 9.13. The summed E-state index contributed by atoms with van der Waals surface area (Å²) in [5, 5.41) is 17.1. The second-order valence-electron chi connectivity index (χ2n) is 4.32. The molecule has 4 nitrogen and oxygen atoms in total. The van der Waals surface area contributed by atoms with Gasteiger partial charge in [-0.25, -0.2) is 0 Å². The molecule has 0 bridgehead atoms. The summed E-state index contributed by atoms with van der Waals surface area (Å²) in [4.78, 5) is 0. The average Bonchev–Trinajstić information content (AvgIpc) is 2.42. The van der Waals surface area contributed by atoms with Crippen LogP contribution >= 0.6 is 12.2 Å². The highest BCUT2D eigenvalue weighted by molar-refractivity contribution is 7.80. The molecule has 0 unspecified atom stereocenters. The number of hydrazone groups is 1. The molecule has 0 aliphatic heterocycles. The van der Waals surface area contributed by atoms with Gasteiger partial charge in [-0.15, -0.1) is 0 Å². The lowest BCUT2D eigenvalue weighted by atomic mass is 10.1. The van der Waals surface area contributed by atoms with Crippen LogP contribution in [-0.4, -0.2) is 22.5 Å². The van der Waals surface area contributed by atoms with Gasteiger partial charge in [0.15, 0.2) is 5.11 Å². The molecular weight excluding hydrogens is 258 g/mol. The zero-order chi connectivity index (χ0) is 14.1. The summed E-state index contributed by atoms with van der Waals surface area (Å²) in [5.41, 5.74) is 4.58. The Bertz CT molecular complexity index is 429. The van der Waals surface area contributed by atoms with E-state index in [1.165, 1.54) is 12.8 Å². The van der Waals surface area contributed by atoms with E-state index in [2.05, 4.69) is 22.8 Å². The Labute approximate surface area is 119 Å². The Morgan fingerprint density at radius 3 is 2.58 bits per heavy atom. The first-order valence-electron chi connectivity index (χ1n) is 6.51. The first kappa shape index (κ1) is 15.4. The minimum Gasteiger partial charge on any atom is -0.508 e. The van der Waals surface area contributed by atoms with Gasteiger partial charge in [0.25, 0.3) is 0 Å². The molecule has 0 amide bonds. The normalized spacial score (nSPS) is 11.2. The van der Waals surface area contributed by atoms with E-state index in [4.69, 9.17) is 12.2 Å². The molecule has 0 aliphatic carbocycles. The number of nitrogens with one attached hydrogen (secondary N) is 2. The molecule has 1 aromatic carbocycles. The summed E-state index contributed by atoms with van der Waals surface area (Å²) in [6.07, 6.45) is 3.50. The van der Waals surface area contributed by atoms with Crippen molar-refractivity contribution in [3.8, 4) is 5.75 Å². The van der Waals surface area contributed by atoms with Crippen LogP contribution in [0.4, 0.5) is 0 Å². The predicted molar refractivity (Wildman–Crippen MR) is 83.6 cm³/mol. The smallest absolute Gasteiger partial charge is 0.186 e. The van der Waals surface area contributed by atoms with Crippen molar-refractivity contribution in [2.75, 3.05) is 6.54 Å². The molecule has 1 aromatic rings. The summed E-state index contributed by atoms with van der Waals surface area (Å²) in [5.74, 6) is 0.248. The molecule has 0 fully saturated rings. The molecule has 0 atom stereocenters. The van der Waals surface area contributed by atoms with Gasteiger partial charge in [-0.05, 0) is 55.4 Å². The molecule has 3 N–H and O–H groups in total. The van der Waals surface area contributed by atoms with Gasteiger partial charge in [0, 0.05) is 6.54 Å². The number of thiocarbonyl (C=S) groups is 1. The zero-order valence-electron chi connectivity index (χ0n) is 11.4. The van der Waals surface area contributed by atoms with Crippen molar-refractivity contribution in [1.82, 2.24) is 10.7 Å². The maximum Gasteiger partial charge on any atom is 0.186 e. The third-order valence-corrected chi connectivity index (χ3v) is 2.91. The summed E-state index contributed by atoms with van der Waals surface area (Å²) in [6, 6.07) is 6.90. The molecule has 1 rings (SSSR count). The van der Waals surface area contributed by atoms with Gasteiger partial charge < -0.3 is 10.4 Å². The van der Waals surface area contributed by atoms with Crippen molar-refractivity contribution in [2.24, 2.45) is 5.10 Å². The summed E-state index contributed by atoms with van der Waals surface area (Å²) in [7, 11) is 0. The van der Waals surface area contributed by atoms with Gasteiger partial charge in [-0.2, -0.15) is 5.10 Å². The van der Waals surface area contributed by atoms with Gasteiger partial charge in [0.05, 0.1) is 5.71 Å². The lowest BCUT2D eigenvalue weighted by Crippen LogP contribution is -2.33. The van der Waals surface area contributed by atoms with Crippen molar-refractivity contribution in [3.05, 3.63) is 29.8 Å². The standard InChI is InChI=1S/C14H21N3OS/c1-3-4-5-10-15-14(19)17-16-11(2)12-6-8-13(18)9-7-12/h6-9,18H,3-5,10H2,1-2H3,(H2,15,17,19)/b16-11+. The Morgan fingerprint density at radius 1 is 1.26 bits per heavy atom. The zero-order valence-corrected chi connectivity index (χ0v) is 12.3. The van der Waals surface area contributed by atoms with Crippen LogP contribution in [0.25, 0.3) is 0 Å². The van der Waals surface area contributed by atoms with Crippen LogP contribution in [0.5, 0.6) is 5.75 Å². The molecule has 0 spiro atoms. The van der Waals surface area contributed by atoms with E-state index in [-0.39, 0.29) is 5.75 Å². The Kier molecular flexibility index (Phi) is 6.89. The van der Waals surface area contributed by atoms with Crippen LogP contribution in [0.15, 0.2) is 29.4 Å². The average molecular weight is 279 g/mol. The van der Waals surface area contributed by atoms with Crippen molar-refractivity contribution in [2.45, 2.75) is 33.1 Å². The largest absolute Gasteiger partial charge is 0.508 e. The van der Waals surface area contributed by atoms with Crippen LogP contribution in [0, 0.1) is 0 Å². The summed E-state index contributed by atoms with van der Waals surface area (Å²) < 4.78 is 0. The fraction of sp³-hybridized carbons (Fsp3) is 0.429. The van der Waals surface area contributed by atoms with E-state index < -0.39 is 0 Å². The van der Waals surface area contributed by atoms with Gasteiger partial charge >= 0.3 is 0 Å². The number of benzene rings is 1. The van der Waals surface area contributed by atoms with Crippen LogP contribution in [-0.2, 0) is 0 Å². The van der Waals surface area contributed by atoms with Crippen LogP contribution in [0.2, 0.25) is 0 Å². The van der Waals surface area contributed by atoms with E-state index in [0.29, 0.717) is 5.11 Å². The first-order valence-corrected chi connectivity index (χ1v) is 6.92. The number of hydrogen-bond acceptors (Lipinski definition) is 3. The third kappa shape index (κ3) is 6.20. The molecular formula is C14H21N3OS. The molecule has 5 heteroatoms. The van der Waals surface area contributed by atoms with Crippen LogP contribution in [0.1, 0.15) is 38.7 Å². The van der Waals surface area contributed by atoms with E-state index >= 15 is 0 Å². The fourth-order valence-corrected chi connectivity index (χ4v) is 1.67. The number of rotatable bonds is 6. The minimum absolute atomic E-state index is 0.248. The third-order valence-electron chi connectivity index (χ3n) is 2.68. The van der Waals surface area contributed by atoms with Crippen molar-refractivity contribution in [1.29, 1.82) is 0 Å². The number of aromatic hydroxyl groups is 1. The van der Waals surface area contributed by atoms with E-state index in [1.807, 2.05) is 19.1 Å². The second-order valence-corrected chi connectivity index (χ2v) is 4.73. The van der Waals surface area contributed by atoms with Crippen molar-refractivity contribution >= 4 is 23.0 Å². The Morgan fingerprint density at radius 2 is 1.95 bits per heavy atom. The molecule has 0 aromatic heterocycles. The number of phenols is 1. The number of nitrogens with zero attached hydrogens (tertiary/aromatic N) is 1. The van der Waals surface area contributed by atoms with Crippen molar-refractivity contribution in [3.63, 3.8) is 0 Å². The van der Waals surface area contributed by atoms with E-state index in [1.54, 1.807) is 12.1 Å². The maximum absolute atomic E-state index is 9.21. The minimum atomic E-state index is 0.248. The van der Waals surface area contributed by atoms with E-state index in [9.17, 15) is 5.11 Å². The topological polar surface area (TPSA) is 56.7 Å². The highest BCUT2D eigenvalue weighted by atomic mass is 32.1. The Balaban J connectivity index is 2.38. The highest BCUT2D eigenvalue weighted by Crippen LogP contribution is 2.10. The molecule has 0 saturated heterocycles. The monoisotopic (exact) mass is 279 g/mol. The molecule has 104 valence electrons. The lowest BCUT2D eigenvalue weighted by molar-refractivity contribution is 0.475. The SMILES string of the molecule is CCCCCNC(=S)N/N=C(\C)c1ccc(O)cc1. The number of hydrogen-bond donors (Lipinski definition) is 3. The van der Waals surface area contributed by atoms with Crippen LogP contribution < -0.4 is 10.7 Å². The number of phenolic OH excluding ortho intramolecular Hbond substituents is 1. The lowest BCUT2D eigenvalue weighted by Gasteiger charge is -2.07. The second kappa shape index (κ2) is 8.48. The maximum atomic E-state index is 9.21. The van der Waals surface area contributed by atoms with Crippen LogP contribution in [0.3, 0.4) is 0 Å².